The van der Waals surface area contributed by atoms with Gasteiger partial charge in [-0.1, -0.05) is 6.07 Å². The molecule has 0 aliphatic carbocycles. The summed E-state index contributed by atoms with van der Waals surface area (Å²) in [6.07, 6.45) is 2.93. The molecule has 0 bridgehead atoms. The highest BCUT2D eigenvalue weighted by molar-refractivity contribution is 6.10. The van der Waals surface area contributed by atoms with Crippen molar-refractivity contribution in [2.75, 3.05) is 10.6 Å². The highest BCUT2D eigenvalue weighted by atomic mass is 16.3. The minimum Gasteiger partial charge on any atom is -0.469 e. The third-order valence-electron chi connectivity index (χ3n) is 3.88. The number of hydrogen-bond acceptors (Lipinski definition) is 4. The van der Waals surface area contributed by atoms with Gasteiger partial charge in [-0.05, 0) is 50.6 Å². The summed E-state index contributed by atoms with van der Waals surface area (Å²) in [5.74, 6) is 0.464. The van der Waals surface area contributed by atoms with Gasteiger partial charge in [0, 0.05) is 0 Å². The monoisotopic (exact) mass is 338 g/mol. The first-order valence-electron chi connectivity index (χ1n) is 7.77. The van der Waals surface area contributed by atoms with Crippen LogP contribution in [0.25, 0.3) is 0 Å². The standard InChI is InChI=1S/C19H18N2O4/c1-11-4-5-16(20-18(22)14-6-8-24-12(14)2)17(10-11)21-19(23)15-7-9-25-13(15)3/h4-10H,1-3H3,(H,20,22)(H,21,23). The Morgan fingerprint density at radius 2 is 1.28 bits per heavy atom. The van der Waals surface area contributed by atoms with E-state index in [1.54, 1.807) is 38.1 Å². The highest BCUT2D eigenvalue weighted by Crippen LogP contribution is 2.25. The molecule has 6 nitrogen and oxygen atoms in total. The van der Waals surface area contributed by atoms with Crippen molar-refractivity contribution >= 4 is 23.2 Å². The van der Waals surface area contributed by atoms with Gasteiger partial charge in [-0.25, -0.2) is 0 Å². The second-order valence-corrected chi connectivity index (χ2v) is 5.74. The molecule has 0 radical (unpaired) electrons. The molecule has 2 aromatic heterocycles. The summed E-state index contributed by atoms with van der Waals surface area (Å²) in [4.78, 5) is 24.8. The zero-order chi connectivity index (χ0) is 18.0. The van der Waals surface area contributed by atoms with Crippen LogP contribution in [0.1, 0.15) is 37.8 Å². The number of aryl methyl sites for hydroxylation is 3. The Kier molecular flexibility index (Phi) is 4.43. The number of hydrogen-bond donors (Lipinski definition) is 2. The second kappa shape index (κ2) is 6.68. The van der Waals surface area contributed by atoms with Crippen molar-refractivity contribution in [3.05, 3.63) is 71.1 Å². The summed E-state index contributed by atoms with van der Waals surface area (Å²) in [5.41, 5.74) is 2.87. The molecular formula is C19H18N2O4. The smallest absolute Gasteiger partial charge is 0.259 e. The maximum Gasteiger partial charge on any atom is 0.259 e. The molecular weight excluding hydrogens is 320 g/mol. The largest absolute Gasteiger partial charge is 0.469 e. The lowest BCUT2D eigenvalue weighted by atomic mass is 10.1. The molecule has 0 aliphatic rings. The molecule has 2 N–H and O–H groups in total. The van der Waals surface area contributed by atoms with Crippen molar-refractivity contribution < 1.29 is 18.4 Å². The van der Waals surface area contributed by atoms with Crippen LogP contribution in [0.2, 0.25) is 0 Å². The zero-order valence-electron chi connectivity index (χ0n) is 14.2. The highest BCUT2D eigenvalue weighted by Gasteiger charge is 2.17. The van der Waals surface area contributed by atoms with Crippen LogP contribution in [0.3, 0.4) is 0 Å². The molecule has 0 unspecified atom stereocenters. The molecule has 128 valence electrons. The molecule has 2 amide bonds. The molecule has 0 saturated carbocycles. The Bertz CT molecular complexity index is 937. The van der Waals surface area contributed by atoms with Gasteiger partial charge in [-0.15, -0.1) is 0 Å². The third kappa shape index (κ3) is 3.47. The molecule has 0 saturated heterocycles. The first-order valence-corrected chi connectivity index (χ1v) is 7.77. The van der Waals surface area contributed by atoms with E-state index in [1.165, 1.54) is 12.5 Å². The van der Waals surface area contributed by atoms with Crippen LogP contribution in [0, 0.1) is 20.8 Å². The summed E-state index contributed by atoms with van der Waals surface area (Å²) >= 11 is 0. The van der Waals surface area contributed by atoms with Gasteiger partial charge >= 0.3 is 0 Å². The lowest BCUT2D eigenvalue weighted by Gasteiger charge is -2.13. The molecule has 0 spiro atoms. The van der Waals surface area contributed by atoms with Gasteiger partial charge in [0.25, 0.3) is 11.8 Å². The third-order valence-corrected chi connectivity index (χ3v) is 3.88. The lowest BCUT2D eigenvalue weighted by molar-refractivity contribution is 0.101. The predicted molar refractivity (Wildman–Crippen MR) is 94.0 cm³/mol. The lowest BCUT2D eigenvalue weighted by Crippen LogP contribution is -2.17. The summed E-state index contributed by atoms with van der Waals surface area (Å²) in [5, 5.41) is 5.63. The normalized spacial score (nSPS) is 10.5. The topological polar surface area (TPSA) is 84.5 Å². The number of nitrogens with one attached hydrogen (secondary N) is 2. The van der Waals surface area contributed by atoms with E-state index in [-0.39, 0.29) is 11.8 Å². The average molecular weight is 338 g/mol. The van der Waals surface area contributed by atoms with Crippen LogP contribution in [0.4, 0.5) is 11.4 Å². The first kappa shape index (κ1) is 16.6. The number of anilines is 2. The average Bonchev–Trinajstić information content (AvgIpc) is 3.18. The Morgan fingerprint density at radius 3 is 1.76 bits per heavy atom. The van der Waals surface area contributed by atoms with Crippen LogP contribution in [0.15, 0.2) is 51.7 Å². The molecule has 3 aromatic rings. The SMILES string of the molecule is Cc1ccc(NC(=O)c2ccoc2C)c(NC(=O)c2ccoc2C)c1. The number of benzene rings is 1. The quantitative estimate of drug-likeness (QED) is 0.742. The molecule has 1 aromatic carbocycles. The summed E-state index contributed by atoms with van der Waals surface area (Å²) in [6, 6.07) is 8.61. The minimum atomic E-state index is -0.301. The van der Waals surface area contributed by atoms with E-state index in [0.29, 0.717) is 34.0 Å². The van der Waals surface area contributed by atoms with E-state index in [4.69, 9.17) is 8.83 Å². The maximum atomic E-state index is 12.4. The van der Waals surface area contributed by atoms with E-state index in [0.717, 1.165) is 5.56 Å². The second-order valence-electron chi connectivity index (χ2n) is 5.74. The van der Waals surface area contributed by atoms with E-state index < -0.39 is 0 Å². The number of rotatable bonds is 4. The molecule has 2 heterocycles. The van der Waals surface area contributed by atoms with Crippen molar-refractivity contribution in [3.63, 3.8) is 0 Å². The van der Waals surface area contributed by atoms with E-state index in [9.17, 15) is 9.59 Å². The van der Waals surface area contributed by atoms with E-state index in [1.807, 2.05) is 13.0 Å². The number of carbonyl (C=O) groups excluding carboxylic acids is 2. The van der Waals surface area contributed by atoms with Crippen molar-refractivity contribution in [2.45, 2.75) is 20.8 Å². The fraction of sp³-hybridized carbons (Fsp3) is 0.158. The van der Waals surface area contributed by atoms with Crippen LogP contribution < -0.4 is 10.6 Å². The molecule has 25 heavy (non-hydrogen) atoms. The number of carbonyl (C=O) groups is 2. The minimum absolute atomic E-state index is 0.299. The van der Waals surface area contributed by atoms with Gasteiger partial charge in [0.1, 0.15) is 11.5 Å². The summed E-state index contributed by atoms with van der Waals surface area (Å²) in [7, 11) is 0. The van der Waals surface area contributed by atoms with Crippen molar-refractivity contribution in [2.24, 2.45) is 0 Å². The van der Waals surface area contributed by atoms with Crippen molar-refractivity contribution in [3.8, 4) is 0 Å². The molecule has 6 heteroatoms. The van der Waals surface area contributed by atoms with Crippen LogP contribution in [0.5, 0.6) is 0 Å². The summed E-state index contributed by atoms with van der Waals surface area (Å²) < 4.78 is 10.3. The van der Waals surface area contributed by atoms with Gasteiger partial charge in [-0.2, -0.15) is 0 Å². The molecule has 0 atom stereocenters. The zero-order valence-corrected chi connectivity index (χ0v) is 14.2. The fourth-order valence-corrected chi connectivity index (χ4v) is 2.49. The van der Waals surface area contributed by atoms with Crippen molar-refractivity contribution in [1.82, 2.24) is 0 Å². The Labute approximate surface area is 144 Å². The van der Waals surface area contributed by atoms with Gasteiger partial charge in [-0.3, -0.25) is 9.59 Å². The Balaban J connectivity index is 1.86. The first-order chi connectivity index (χ1) is 12.0. The molecule has 0 aliphatic heterocycles. The molecule has 0 fully saturated rings. The van der Waals surface area contributed by atoms with Gasteiger partial charge in [0.15, 0.2) is 0 Å². The Morgan fingerprint density at radius 1 is 0.760 bits per heavy atom. The Hall–Kier alpha value is -3.28. The van der Waals surface area contributed by atoms with E-state index >= 15 is 0 Å². The summed E-state index contributed by atoms with van der Waals surface area (Å²) in [6.45, 7) is 5.34. The van der Waals surface area contributed by atoms with Crippen molar-refractivity contribution in [1.29, 1.82) is 0 Å². The van der Waals surface area contributed by atoms with Crippen LogP contribution >= 0.6 is 0 Å². The van der Waals surface area contributed by atoms with Gasteiger partial charge in [0.05, 0.1) is 35.0 Å². The van der Waals surface area contributed by atoms with Gasteiger partial charge < -0.3 is 19.5 Å². The molecule has 3 rings (SSSR count). The number of amides is 2. The van der Waals surface area contributed by atoms with Crippen LogP contribution in [-0.4, -0.2) is 11.8 Å². The van der Waals surface area contributed by atoms with Crippen LogP contribution in [-0.2, 0) is 0 Å². The number of furan rings is 2. The van der Waals surface area contributed by atoms with E-state index in [2.05, 4.69) is 10.6 Å². The fourth-order valence-electron chi connectivity index (χ4n) is 2.49. The maximum absolute atomic E-state index is 12.4. The predicted octanol–water partition coefficient (Wildman–Crippen LogP) is 4.30. The van der Waals surface area contributed by atoms with Gasteiger partial charge in [0.2, 0.25) is 0 Å².